The van der Waals surface area contributed by atoms with E-state index in [9.17, 15) is 0 Å². The summed E-state index contributed by atoms with van der Waals surface area (Å²) in [4.78, 5) is 9.03. The highest BCUT2D eigenvalue weighted by atomic mass is 14.7. The van der Waals surface area contributed by atoms with Crippen LogP contribution < -0.4 is 0 Å². The number of pyridine rings is 2. The second-order valence-corrected chi connectivity index (χ2v) is 9.03. The van der Waals surface area contributed by atoms with Gasteiger partial charge in [0.1, 0.15) is 0 Å². The minimum atomic E-state index is 1.02. The summed E-state index contributed by atoms with van der Waals surface area (Å²) in [5, 5.41) is 2.35. The molecule has 0 fully saturated rings. The van der Waals surface area contributed by atoms with Gasteiger partial charge in [-0.2, -0.15) is 0 Å². The number of nitrogens with zero attached hydrogens (tertiary/aromatic N) is 2. The second kappa shape index (κ2) is 10.8. The molecule has 2 heterocycles. The van der Waals surface area contributed by atoms with Gasteiger partial charge in [-0.1, -0.05) is 97.1 Å². The lowest BCUT2D eigenvalue weighted by atomic mass is 10.1. The van der Waals surface area contributed by atoms with Crippen LogP contribution in [0.5, 0.6) is 0 Å². The average molecular weight is 465 g/mol. The summed E-state index contributed by atoms with van der Waals surface area (Å²) >= 11 is 0. The van der Waals surface area contributed by atoms with Crippen LogP contribution in [0.4, 0.5) is 0 Å². The van der Waals surface area contributed by atoms with E-state index in [1.807, 2.05) is 12.4 Å². The standard InChI is InChI=1S/C34H28N2/c1-25-19-31-17-15-29(21-33(31)35-23-25)9-5-3-7-27-11-13-28(14-12-27)8-4-6-10-30-16-18-32-20-26(2)24-36-34(32)22-30/h3-24H,1-2H3. The zero-order valence-electron chi connectivity index (χ0n) is 20.6. The van der Waals surface area contributed by atoms with E-state index in [0.29, 0.717) is 0 Å². The predicted octanol–water partition coefficient (Wildman–Crippen LogP) is 8.85. The Bertz CT molecular complexity index is 1510. The first-order chi connectivity index (χ1) is 17.6. The molecule has 0 bridgehead atoms. The van der Waals surface area contributed by atoms with Crippen LogP contribution in [0.1, 0.15) is 33.4 Å². The van der Waals surface area contributed by atoms with Crippen LogP contribution in [0, 0.1) is 13.8 Å². The molecular formula is C34H28N2. The molecule has 2 aromatic heterocycles. The van der Waals surface area contributed by atoms with Gasteiger partial charge in [0.25, 0.3) is 0 Å². The van der Waals surface area contributed by atoms with E-state index in [1.165, 1.54) is 33.0 Å². The molecule has 2 heteroatoms. The van der Waals surface area contributed by atoms with Gasteiger partial charge in [-0.25, -0.2) is 0 Å². The van der Waals surface area contributed by atoms with Gasteiger partial charge in [-0.15, -0.1) is 0 Å². The summed E-state index contributed by atoms with van der Waals surface area (Å²) in [5.74, 6) is 0. The molecule has 5 rings (SSSR count). The summed E-state index contributed by atoms with van der Waals surface area (Å²) in [6, 6.07) is 25.6. The Morgan fingerprint density at radius 2 is 0.806 bits per heavy atom. The van der Waals surface area contributed by atoms with Crippen molar-refractivity contribution in [1.82, 2.24) is 9.97 Å². The summed E-state index contributed by atoms with van der Waals surface area (Å²) in [7, 11) is 0. The molecule has 0 aliphatic rings. The first-order valence-corrected chi connectivity index (χ1v) is 12.1. The maximum Gasteiger partial charge on any atom is 0.0708 e. The molecule has 2 nitrogen and oxygen atoms in total. The van der Waals surface area contributed by atoms with E-state index < -0.39 is 0 Å². The van der Waals surface area contributed by atoms with Crippen LogP contribution in [-0.2, 0) is 0 Å². The lowest BCUT2D eigenvalue weighted by Crippen LogP contribution is -1.82. The summed E-state index contributed by atoms with van der Waals surface area (Å²) in [6.45, 7) is 4.13. The molecule has 0 aliphatic carbocycles. The van der Waals surface area contributed by atoms with Crippen molar-refractivity contribution in [3.8, 4) is 0 Å². The van der Waals surface area contributed by atoms with Gasteiger partial charge in [-0.05, 0) is 71.5 Å². The zero-order chi connectivity index (χ0) is 24.7. The van der Waals surface area contributed by atoms with E-state index >= 15 is 0 Å². The fourth-order valence-electron chi connectivity index (χ4n) is 4.09. The van der Waals surface area contributed by atoms with Crippen LogP contribution in [0.15, 0.2) is 109 Å². The first kappa shape index (κ1) is 23.2. The van der Waals surface area contributed by atoms with Gasteiger partial charge in [0, 0.05) is 23.2 Å². The number of allylic oxidation sites excluding steroid dienone is 4. The largest absolute Gasteiger partial charge is 0.256 e. The number of aromatic nitrogens is 2. The molecule has 0 aliphatic heterocycles. The third-order valence-electron chi connectivity index (χ3n) is 6.00. The van der Waals surface area contributed by atoms with Crippen LogP contribution in [0.3, 0.4) is 0 Å². The fraction of sp³-hybridized carbons (Fsp3) is 0.0588. The maximum atomic E-state index is 4.52. The lowest BCUT2D eigenvalue weighted by Gasteiger charge is -2.00. The smallest absolute Gasteiger partial charge is 0.0708 e. The molecule has 0 radical (unpaired) electrons. The average Bonchev–Trinajstić information content (AvgIpc) is 2.90. The topological polar surface area (TPSA) is 25.8 Å². The van der Waals surface area contributed by atoms with E-state index in [2.05, 4.69) is 145 Å². The van der Waals surface area contributed by atoms with E-state index in [4.69, 9.17) is 0 Å². The minimum absolute atomic E-state index is 1.02. The predicted molar refractivity (Wildman–Crippen MR) is 156 cm³/mol. The lowest BCUT2D eigenvalue weighted by molar-refractivity contribution is 1.33. The van der Waals surface area contributed by atoms with Gasteiger partial charge in [0.05, 0.1) is 11.0 Å². The van der Waals surface area contributed by atoms with Gasteiger partial charge < -0.3 is 0 Å². The van der Waals surface area contributed by atoms with Crippen molar-refractivity contribution in [1.29, 1.82) is 0 Å². The third-order valence-corrected chi connectivity index (χ3v) is 6.00. The molecule has 0 amide bonds. The first-order valence-electron chi connectivity index (χ1n) is 12.1. The van der Waals surface area contributed by atoms with Gasteiger partial charge in [0.2, 0.25) is 0 Å². The molecule has 0 N–H and O–H groups in total. The molecule has 0 saturated carbocycles. The summed E-state index contributed by atoms with van der Waals surface area (Å²) in [5.41, 5.74) is 9.04. The van der Waals surface area contributed by atoms with Gasteiger partial charge >= 0.3 is 0 Å². The van der Waals surface area contributed by atoms with Crippen molar-refractivity contribution in [3.05, 3.63) is 143 Å². The quantitative estimate of drug-likeness (QED) is 0.235. The van der Waals surface area contributed by atoms with E-state index in [0.717, 1.165) is 22.2 Å². The monoisotopic (exact) mass is 464 g/mol. The third kappa shape index (κ3) is 5.92. The van der Waals surface area contributed by atoms with Crippen molar-refractivity contribution in [2.45, 2.75) is 13.8 Å². The highest BCUT2D eigenvalue weighted by Gasteiger charge is 1.97. The molecule has 0 atom stereocenters. The normalized spacial score (nSPS) is 12.3. The van der Waals surface area contributed by atoms with Crippen LogP contribution in [0.25, 0.3) is 46.1 Å². The van der Waals surface area contributed by atoms with Gasteiger partial charge in [0.15, 0.2) is 0 Å². The highest BCUT2D eigenvalue weighted by molar-refractivity contribution is 5.82. The molecule has 174 valence electrons. The molecule has 0 spiro atoms. The molecule has 0 saturated heterocycles. The summed E-state index contributed by atoms with van der Waals surface area (Å²) in [6.07, 6.45) is 20.5. The van der Waals surface area contributed by atoms with Gasteiger partial charge in [-0.3, -0.25) is 9.97 Å². The van der Waals surface area contributed by atoms with Crippen LogP contribution in [0.2, 0.25) is 0 Å². The Morgan fingerprint density at radius 1 is 0.444 bits per heavy atom. The molecule has 0 unspecified atom stereocenters. The summed E-state index contributed by atoms with van der Waals surface area (Å²) < 4.78 is 0. The number of hydrogen-bond acceptors (Lipinski definition) is 2. The van der Waals surface area contributed by atoms with E-state index in [1.54, 1.807) is 0 Å². The maximum absolute atomic E-state index is 4.52. The Labute approximate surface area is 212 Å². The number of fused-ring (bicyclic) bond motifs is 2. The Kier molecular flexibility index (Phi) is 6.95. The Hall–Kier alpha value is -4.56. The van der Waals surface area contributed by atoms with Crippen LogP contribution in [-0.4, -0.2) is 9.97 Å². The molecule has 36 heavy (non-hydrogen) atoms. The SMILES string of the molecule is Cc1cnc2cc(C=CC=Cc3ccc(C=CC=Cc4ccc5cc(C)cnc5c4)cc3)ccc2c1. The van der Waals surface area contributed by atoms with Crippen molar-refractivity contribution >= 4 is 46.1 Å². The van der Waals surface area contributed by atoms with Crippen LogP contribution >= 0.6 is 0 Å². The van der Waals surface area contributed by atoms with E-state index in [-0.39, 0.29) is 0 Å². The fourth-order valence-corrected chi connectivity index (χ4v) is 4.09. The van der Waals surface area contributed by atoms with Crippen molar-refractivity contribution < 1.29 is 0 Å². The minimum Gasteiger partial charge on any atom is -0.256 e. The number of benzene rings is 3. The number of rotatable bonds is 6. The number of aryl methyl sites for hydroxylation is 2. The van der Waals surface area contributed by atoms with Crippen molar-refractivity contribution in [2.75, 3.05) is 0 Å². The Balaban J connectivity index is 1.17. The van der Waals surface area contributed by atoms with Crippen molar-refractivity contribution in [3.63, 3.8) is 0 Å². The molecule has 3 aromatic carbocycles. The van der Waals surface area contributed by atoms with Crippen molar-refractivity contribution in [2.24, 2.45) is 0 Å². The number of hydrogen-bond donors (Lipinski definition) is 0. The molecule has 5 aromatic rings. The molecular weight excluding hydrogens is 436 g/mol. The second-order valence-electron chi connectivity index (χ2n) is 9.03. The highest BCUT2D eigenvalue weighted by Crippen LogP contribution is 2.17. The Morgan fingerprint density at radius 3 is 1.22 bits per heavy atom. The zero-order valence-corrected chi connectivity index (χ0v) is 20.6.